The fraction of sp³-hybridized carbons (Fsp3) is 0.300. The molecule has 8 nitrogen and oxygen atoms in total. The number of hydrogen-bond acceptors (Lipinski definition) is 5. The molecule has 146 valence electrons. The predicted octanol–water partition coefficient (Wildman–Crippen LogP) is 2.61. The lowest BCUT2D eigenvalue weighted by molar-refractivity contribution is -0.131. The molecular formula is C20H22N4O4. The summed E-state index contributed by atoms with van der Waals surface area (Å²) in [5.41, 5.74) is 1.69. The van der Waals surface area contributed by atoms with E-state index in [4.69, 9.17) is 4.74 Å². The molecule has 3 amide bonds. The minimum atomic E-state index is -1.19. The normalized spacial score (nSPS) is 19.4. The van der Waals surface area contributed by atoms with Crippen molar-refractivity contribution in [2.75, 3.05) is 6.61 Å². The zero-order chi connectivity index (χ0) is 20.5. The molecule has 0 bridgehead atoms. The average Bonchev–Trinajstić information content (AvgIpc) is 3.07. The second-order valence-corrected chi connectivity index (χ2v) is 6.67. The van der Waals surface area contributed by atoms with Gasteiger partial charge in [0.1, 0.15) is 5.54 Å². The minimum Gasteiger partial charge on any atom is -0.462 e. The molecule has 1 aliphatic heterocycles. The summed E-state index contributed by atoms with van der Waals surface area (Å²) < 4.78 is 5.06. The Hall–Kier alpha value is -3.42. The van der Waals surface area contributed by atoms with Crippen LogP contribution in [0.1, 0.15) is 46.7 Å². The van der Waals surface area contributed by atoms with Gasteiger partial charge in [0.15, 0.2) is 0 Å². The molecule has 1 aromatic carbocycles. The quantitative estimate of drug-likeness (QED) is 0.471. The molecular weight excluding hydrogens is 360 g/mol. The van der Waals surface area contributed by atoms with Crippen molar-refractivity contribution >= 4 is 24.1 Å². The van der Waals surface area contributed by atoms with Crippen LogP contribution < -0.4 is 5.32 Å². The van der Waals surface area contributed by atoms with E-state index in [1.807, 2.05) is 6.07 Å². The summed E-state index contributed by atoms with van der Waals surface area (Å²) in [6.07, 6.45) is 1.36. The molecule has 28 heavy (non-hydrogen) atoms. The van der Waals surface area contributed by atoms with Crippen LogP contribution in [0.4, 0.5) is 4.79 Å². The van der Waals surface area contributed by atoms with Gasteiger partial charge in [-0.25, -0.2) is 9.59 Å². The number of benzene rings is 1. The summed E-state index contributed by atoms with van der Waals surface area (Å²) in [5, 5.41) is 7.55. The molecule has 2 aromatic rings. The van der Waals surface area contributed by atoms with Gasteiger partial charge in [-0.15, -0.1) is 5.01 Å². The number of carbonyl (C=O) groups is 3. The van der Waals surface area contributed by atoms with Crippen molar-refractivity contribution in [1.29, 1.82) is 0 Å². The number of aromatic amines is 1. The number of hydrazone groups is 1. The topological polar surface area (TPSA) is 104 Å². The first-order valence-corrected chi connectivity index (χ1v) is 8.92. The standard InChI is InChI=1S/C20H22N4O4/c1-5-28-17(25)16-12(2)15(22-13(16)3)11-21-24-18(26)20(4,23-19(24)27)14-9-7-6-8-10-14/h6-11,22H,5H2,1-4H3,(H,23,27)/b21-11+/t20-/m0/s1. The number of aromatic nitrogens is 1. The first kappa shape index (κ1) is 19.3. The Bertz CT molecular complexity index is 964. The van der Waals surface area contributed by atoms with E-state index in [1.54, 1.807) is 52.0 Å². The SMILES string of the molecule is CCOC(=O)c1c(C)[nH]c(/C=N/N2C(=O)N[C@@](C)(c3ccccc3)C2=O)c1C. The highest BCUT2D eigenvalue weighted by Gasteiger charge is 2.49. The maximum atomic E-state index is 12.9. The molecule has 2 heterocycles. The number of urea groups is 1. The Morgan fingerprint density at radius 3 is 2.57 bits per heavy atom. The first-order valence-electron chi connectivity index (χ1n) is 8.92. The number of carbonyl (C=O) groups excluding carboxylic acids is 3. The minimum absolute atomic E-state index is 0.271. The lowest BCUT2D eigenvalue weighted by Crippen LogP contribution is -2.40. The molecule has 1 saturated heterocycles. The molecule has 1 aliphatic rings. The Kier molecular flexibility index (Phi) is 5.04. The summed E-state index contributed by atoms with van der Waals surface area (Å²) in [7, 11) is 0. The van der Waals surface area contributed by atoms with E-state index in [-0.39, 0.29) is 6.61 Å². The van der Waals surface area contributed by atoms with E-state index >= 15 is 0 Å². The van der Waals surface area contributed by atoms with E-state index in [2.05, 4.69) is 15.4 Å². The Morgan fingerprint density at radius 1 is 1.25 bits per heavy atom. The Morgan fingerprint density at radius 2 is 1.93 bits per heavy atom. The number of nitrogens with zero attached hydrogens (tertiary/aromatic N) is 2. The maximum absolute atomic E-state index is 12.9. The van der Waals surface area contributed by atoms with Crippen LogP contribution in [0.3, 0.4) is 0 Å². The largest absolute Gasteiger partial charge is 0.462 e. The number of hydrogen-bond donors (Lipinski definition) is 2. The molecule has 0 aliphatic carbocycles. The van der Waals surface area contributed by atoms with Crippen molar-refractivity contribution in [2.24, 2.45) is 5.10 Å². The zero-order valence-corrected chi connectivity index (χ0v) is 16.2. The van der Waals surface area contributed by atoms with Crippen molar-refractivity contribution in [2.45, 2.75) is 33.2 Å². The molecule has 0 unspecified atom stereocenters. The van der Waals surface area contributed by atoms with Crippen molar-refractivity contribution in [1.82, 2.24) is 15.3 Å². The van der Waals surface area contributed by atoms with Crippen molar-refractivity contribution < 1.29 is 19.1 Å². The average molecular weight is 382 g/mol. The molecule has 8 heteroatoms. The summed E-state index contributed by atoms with van der Waals surface area (Å²) >= 11 is 0. The van der Waals surface area contributed by atoms with E-state index in [1.165, 1.54) is 6.21 Å². The van der Waals surface area contributed by atoms with E-state index < -0.39 is 23.4 Å². The van der Waals surface area contributed by atoms with Crippen molar-refractivity contribution in [3.8, 4) is 0 Å². The molecule has 0 saturated carbocycles. The van der Waals surface area contributed by atoms with Crippen LogP contribution in [0, 0.1) is 13.8 Å². The fourth-order valence-corrected chi connectivity index (χ4v) is 3.22. The number of imide groups is 1. The summed E-state index contributed by atoms with van der Waals surface area (Å²) in [5.74, 6) is -0.911. The number of amides is 3. The van der Waals surface area contributed by atoms with Gasteiger partial charge in [-0.3, -0.25) is 4.79 Å². The molecule has 0 radical (unpaired) electrons. The van der Waals surface area contributed by atoms with Gasteiger partial charge in [-0.2, -0.15) is 5.10 Å². The van der Waals surface area contributed by atoms with E-state index in [0.717, 1.165) is 5.01 Å². The van der Waals surface area contributed by atoms with Gasteiger partial charge in [0.05, 0.1) is 24.1 Å². The third-order valence-electron chi connectivity index (χ3n) is 4.78. The second-order valence-electron chi connectivity index (χ2n) is 6.67. The van der Waals surface area contributed by atoms with E-state index in [9.17, 15) is 14.4 Å². The Labute approximate surface area is 162 Å². The highest BCUT2D eigenvalue weighted by atomic mass is 16.5. The molecule has 1 aromatic heterocycles. The van der Waals surface area contributed by atoms with Crippen LogP contribution in [-0.2, 0) is 15.1 Å². The van der Waals surface area contributed by atoms with Crippen LogP contribution in [0.2, 0.25) is 0 Å². The molecule has 0 spiro atoms. The van der Waals surface area contributed by atoms with Crippen LogP contribution >= 0.6 is 0 Å². The number of H-pyrrole nitrogens is 1. The summed E-state index contributed by atoms with van der Waals surface area (Å²) in [6, 6.07) is 8.37. The van der Waals surface area contributed by atoms with Gasteiger partial charge in [-0.05, 0) is 38.8 Å². The third-order valence-corrected chi connectivity index (χ3v) is 4.78. The monoisotopic (exact) mass is 382 g/mol. The maximum Gasteiger partial charge on any atom is 0.346 e. The van der Waals surface area contributed by atoms with Crippen LogP contribution in [-0.4, -0.2) is 40.7 Å². The third kappa shape index (κ3) is 3.17. The number of esters is 1. The number of nitrogens with one attached hydrogen (secondary N) is 2. The lowest BCUT2D eigenvalue weighted by atomic mass is 9.92. The smallest absolute Gasteiger partial charge is 0.346 e. The molecule has 1 fully saturated rings. The molecule has 1 atom stereocenters. The van der Waals surface area contributed by atoms with Gasteiger partial charge in [0.2, 0.25) is 0 Å². The number of rotatable bonds is 5. The van der Waals surface area contributed by atoms with Gasteiger partial charge >= 0.3 is 12.0 Å². The number of ether oxygens (including phenoxy) is 1. The number of aryl methyl sites for hydroxylation is 1. The van der Waals surface area contributed by atoms with Crippen molar-refractivity contribution in [3.63, 3.8) is 0 Å². The van der Waals surface area contributed by atoms with Gasteiger partial charge < -0.3 is 15.0 Å². The van der Waals surface area contributed by atoms with Crippen LogP contribution in [0.25, 0.3) is 0 Å². The predicted molar refractivity (Wildman–Crippen MR) is 103 cm³/mol. The van der Waals surface area contributed by atoms with Crippen LogP contribution in [0.5, 0.6) is 0 Å². The highest BCUT2D eigenvalue weighted by Crippen LogP contribution is 2.28. The van der Waals surface area contributed by atoms with Gasteiger partial charge in [0, 0.05) is 5.69 Å². The second kappa shape index (κ2) is 7.30. The molecule has 2 N–H and O–H groups in total. The summed E-state index contributed by atoms with van der Waals surface area (Å²) in [6.45, 7) is 7.14. The summed E-state index contributed by atoms with van der Waals surface area (Å²) in [4.78, 5) is 40.3. The van der Waals surface area contributed by atoms with Gasteiger partial charge in [-0.1, -0.05) is 30.3 Å². The van der Waals surface area contributed by atoms with Crippen molar-refractivity contribution in [3.05, 3.63) is 58.4 Å². The van der Waals surface area contributed by atoms with E-state index in [0.29, 0.717) is 28.1 Å². The highest BCUT2D eigenvalue weighted by molar-refractivity contribution is 6.07. The fourth-order valence-electron chi connectivity index (χ4n) is 3.22. The first-order chi connectivity index (χ1) is 13.3. The zero-order valence-electron chi connectivity index (χ0n) is 16.2. The van der Waals surface area contributed by atoms with Crippen LogP contribution in [0.15, 0.2) is 35.4 Å². The van der Waals surface area contributed by atoms with Gasteiger partial charge in [0.25, 0.3) is 5.91 Å². The lowest BCUT2D eigenvalue weighted by Gasteiger charge is -2.20. The Balaban J connectivity index is 1.87. The molecule has 3 rings (SSSR count).